The lowest BCUT2D eigenvalue weighted by Crippen LogP contribution is -2.37. The molecule has 5 nitrogen and oxygen atoms in total. The fourth-order valence-corrected chi connectivity index (χ4v) is 7.92. The lowest BCUT2D eigenvalue weighted by Gasteiger charge is -2.37. The van der Waals surface area contributed by atoms with Gasteiger partial charge in [-0.3, -0.25) is 8.77 Å². The maximum Gasteiger partial charge on any atom is 0.348 e. The molecule has 22 heavy (non-hydrogen) atoms. The van der Waals surface area contributed by atoms with E-state index in [2.05, 4.69) is 5.32 Å². The van der Waals surface area contributed by atoms with E-state index in [1.807, 2.05) is 44.2 Å². The van der Waals surface area contributed by atoms with E-state index < -0.39 is 23.4 Å². The van der Waals surface area contributed by atoms with Gasteiger partial charge >= 0.3 is 7.60 Å². The molecular formula is C15H22NO4PS. The van der Waals surface area contributed by atoms with Gasteiger partial charge in [-0.15, -0.1) is 0 Å². The Morgan fingerprint density at radius 3 is 2.50 bits per heavy atom. The Morgan fingerprint density at radius 1 is 1.23 bits per heavy atom. The first kappa shape index (κ1) is 16.2. The van der Waals surface area contributed by atoms with Crippen molar-refractivity contribution in [3.05, 3.63) is 30.3 Å². The summed E-state index contributed by atoms with van der Waals surface area (Å²) in [5.74, 6) is 0.523. The molecule has 0 radical (unpaired) electrons. The molecular weight excluding hydrogens is 321 g/mol. The van der Waals surface area contributed by atoms with E-state index in [1.165, 1.54) is 0 Å². The SMILES string of the molecule is CC1(C)COP(=O)(C2C(Nc3ccccc3)CCS2=O)OC1. The largest absolute Gasteiger partial charge is 0.380 e. The highest BCUT2D eigenvalue weighted by atomic mass is 32.2. The van der Waals surface area contributed by atoms with Gasteiger partial charge in [0.25, 0.3) is 0 Å². The van der Waals surface area contributed by atoms with Crippen LogP contribution in [0.15, 0.2) is 30.3 Å². The lowest BCUT2D eigenvalue weighted by molar-refractivity contribution is 0.0402. The molecule has 7 heteroatoms. The predicted octanol–water partition coefficient (Wildman–Crippen LogP) is 3.21. The third kappa shape index (κ3) is 3.30. The second-order valence-corrected chi connectivity index (χ2v) is 10.8. The maximum atomic E-state index is 13.1. The molecule has 0 spiro atoms. The van der Waals surface area contributed by atoms with E-state index in [1.54, 1.807) is 0 Å². The zero-order chi connectivity index (χ0) is 15.8. The molecule has 0 aliphatic carbocycles. The molecule has 2 aliphatic heterocycles. The van der Waals surface area contributed by atoms with Crippen LogP contribution in [0.25, 0.3) is 0 Å². The quantitative estimate of drug-likeness (QED) is 0.854. The van der Waals surface area contributed by atoms with Crippen molar-refractivity contribution >= 4 is 24.1 Å². The van der Waals surface area contributed by atoms with Crippen molar-refractivity contribution in [3.63, 3.8) is 0 Å². The number of benzene rings is 1. The fraction of sp³-hybridized carbons (Fsp3) is 0.600. The first-order chi connectivity index (χ1) is 10.4. The number of rotatable bonds is 3. The minimum absolute atomic E-state index is 0.156. The third-order valence-corrected chi connectivity index (χ3v) is 8.90. The van der Waals surface area contributed by atoms with Gasteiger partial charge in [0.2, 0.25) is 0 Å². The Labute approximate surface area is 133 Å². The molecule has 0 saturated carbocycles. The minimum Gasteiger partial charge on any atom is -0.380 e. The molecule has 0 bridgehead atoms. The van der Waals surface area contributed by atoms with Gasteiger partial charge in [-0.25, -0.2) is 0 Å². The summed E-state index contributed by atoms with van der Waals surface area (Å²) in [5.41, 5.74) is 0.774. The molecule has 2 aliphatic rings. The average Bonchev–Trinajstić information content (AvgIpc) is 2.85. The number of anilines is 1. The van der Waals surface area contributed by atoms with Crippen molar-refractivity contribution < 1.29 is 17.8 Å². The maximum absolute atomic E-state index is 13.1. The zero-order valence-electron chi connectivity index (χ0n) is 12.9. The summed E-state index contributed by atoms with van der Waals surface area (Å²) in [6.07, 6.45) is 0.701. The van der Waals surface area contributed by atoms with Crippen molar-refractivity contribution in [1.29, 1.82) is 0 Å². The van der Waals surface area contributed by atoms with E-state index in [9.17, 15) is 8.77 Å². The van der Waals surface area contributed by atoms with Crippen molar-refractivity contribution in [1.82, 2.24) is 0 Å². The molecule has 2 fully saturated rings. The summed E-state index contributed by atoms with van der Waals surface area (Å²) in [5, 5.41) is 3.34. The van der Waals surface area contributed by atoms with E-state index >= 15 is 0 Å². The third-order valence-electron chi connectivity index (χ3n) is 3.95. The summed E-state index contributed by atoms with van der Waals surface area (Å²) in [6.45, 7) is 4.75. The number of para-hydroxylation sites is 1. The fourth-order valence-electron chi connectivity index (χ4n) is 2.70. The summed E-state index contributed by atoms with van der Waals surface area (Å²) in [4.78, 5) is -0.594. The monoisotopic (exact) mass is 343 g/mol. The molecule has 2 heterocycles. The van der Waals surface area contributed by atoms with Gasteiger partial charge in [-0.05, 0) is 18.6 Å². The Hall–Kier alpha value is -0.680. The van der Waals surface area contributed by atoms with E-state index in [-0.39, 0.29) is 11.5 Å². The topological polar surface area (TPSA) is 64.6 Å². The van der Waals surface area contributed by atoms with Gasteiger partial charge in [0.1, 0.15) is 0 Å². The summed E-state index contributed by atoms with van der Waals surface area (Å²) in [6, 6.07) is 9.53. The van der Waals surface area contributed by atoms with Crippen LogP contribution in [0.5, 0.6) is 0 Å². The average molecular weight is 343 g/mol. The number of hydrogen-bond donors (Lipinski definition) is 1. The predicted molar refractivity (Wildman–Crippen MR) is 88.6 cm³/mol. The first-order valence-electron chi connectivity index (χ1n) is 7.47. The van der Waals surface area contributed by atoms with Crippen LogP contribution in [-0.4, -0.2) is 34.2 Å². The Balaban J connectivity index is 1.78. The van der Waals surface area contributed by atoms with Crippen LogP contribution < -0.4 is 5.32 Å². The van der Waals surface area contributed by atoms with Crippen LogP contribution >= 0.6 is 7.60 Å². The molecule has 1 N–H and O–H groups in total. The van der Waals surface area contributed by atoms with Crippen molar-refractivity contribution in [3.8, 4) is 0 Å². The standard InChI is InChI=1S/C15H22NO4PS/c1-15(2)10-19-21(17,20-11-15)14-13(8-9-22(14)18)16-12-6-4-3-5-7-12/h3-7,13-14,16H,8-11H2,1-2H3. The normalized spacial score (nSPS) is 33.5. The molecule has 0 aromatic heterocycles. The zero-order valence-corrected chi connectivity index (χ0v) is 14.6. The van der Waals surface area contributed by atoms with Crippen LogP contribution in [-0.2, 0) is 24.4 Å². The summed E-state index contributed by atoms with van der Waals surface area (Å²) in [7, 11) is -4.55. The first-order valence-corrected chi connectivity index (χ1v) is 10.5. The smallest absolute Gasteiger partial charge is 0.348 e. The molecule has 3 unspecified atom stereocenters. The van der Waals surface area contributed by atoms with Gasteiger partial charge in [-0.2, -0.15) is 0 Å². The van der Waals surface area contributed by atoms with Crippen LogP contribution in [0, 0.1) is 5.41 Å². The van der Waals surface area contributed by atoms with Crippen LogP contribution in [0.3, 0.4) is 0 Å². The second kappa shape index (κ2) is 6.08. The van der Waals surface area contributed by atoms with Gasteiger partial charge in [-0.1, -0.05) is 32.0 Å². The van der Waals surface area contributed by atoms with Crippen LogP contribution in [0.4, 0.5) is 5.69 Å². The second-order valence-electron chi connectivity index (χ2n) is 6.63. The Kier molecular flexibility index (Phi) is 4.47. The highest BCUT2D eigenvalue weighted by molar-refractivity contribution is 7.93. The van der Waals surface area contributed by atoms with Crippen LogP contribution in [0.2, 0.25) is 0 Å². The Bertz CT molecular complexity index is 593. The van der Waals surface area contributed by atoms with Crippen molar-refractivity contribution in [2.45, 2.75) is 31.3 Å². The van der Waals surface area contributed by atoms with Crippen LogP contribution in [0.1, 0.15) is 20.3 Å². The van der Waals surface area contributed by atoms with Crippen molar-refractivity contribution in [2.24, 2.45) is 5.41 Å². The summed E-state index contributed by atoms with van der Waals surface area (Å²) < 4.78 is 36.6. The molecule has 0 amide bonds. The molecule has 1 aromatic rings. The molecule has 1 aromatic carbocycles. The van der Waals surface area contributed by atoms with Gasteiger partial charge in [0, 0.05) is 27.7 Å². The van der Waals surface area contributed by atoms with E-state index in [4.69, 9.17) is 9.05 Å². The minimum atomic E-state index is -3.35. The van der Waals surface area contributed by atoms with Crippen molar-refractivity contribution in [2.75, 3.05) is 24.3 Å². The molecule has 2 saturated heterocycles. The Morgan fingerprint density at radius 2 is 1.86 bits per heavy atom. The van der Waals surface area contributed by atoms with Gasteiger partial charge in [0.15, 0.2) is 4.99 Å². The molecule has 3 atom stereocenters. The molecule has 3 rings (SSSR count). The number of hydrogen-bond acceptors (Lipinski definition) is 5. The van der Waals surface area contributed by atoms with E-state index in [0.717, 1.165) is 5.69 Å². The lowest BCUT2D eigenvalue weighted by atomic mass is 9.97. The number of nitrogens with one attached hydrogen (secondary N) is 1. The highest BCUT2D eigenvalue weighted by Crippen LogP contribution is 2.61. The molecule has 122 valence electrons. The van der Waals surface area contributed by atoms with E-state index in [0.29, 0.717) is 25.4 Å². The summed E-state index contributed by atoms with van der Waals surface area (Å²) >= 11 is 0. The van der Waals surface area contributed by atoms with Gasteiger partial charge in [0.05, 0.1) is 19.3 Å². The highest BCUT2D eigenvalue weighted by Gasteiger charge is 2.52. The van der Waals surface area contributed by atoms with Gasteiger partial charge < -0.3 is 14.4 Å².